The number of carbonyl (C=O) groups excluding carboxylic acids is 1. The van der Waals surface area contributed by atoms with E-state index < -0.39 is 0 Å². The fourth-order valence-electron chi connectivity index (χ4n) is 3.44. The molecule has 4 nitrogen and oxygen atoms in total. The lowest BCUT2D eigenvalue weighted by Crippen LogP contribution is -2.58. The van der Waals surface area contributed by atoms with Crippen molar-refractivity contribution >= 4 is 22.8 Å². The second-order valence-electron chi connectivity index (χ2n) is 5.92. The molecule has 0 saturated carbocycles. The van der Waals surface area contributed by atoms with Gasteiger partial charge in [0.15, 0.2) is 11.4 Å². The lowest BCUT2D eigenvalue weighted by molar-refractivity contribution is 0.112. The van der Waals surface area contributed by atoms with Gasteiger partial charge in [-0.05, 0) is 32.7 Å². The Bertz CT molecular complexity index is 487. The van der Waals surface area contributed by atoms with Crippen molar-refractivity contribution in [2.24, 2.45) is 0 Å². The zero-order valence-corrected chi connectivity index (χ0v) is 13.2. The molecule has 1 aromatic heterocycles. The molecule has 2 saturated heterocycles. The monoisotopic (exact) mass is 293 g/mol. The van der Waals surface area contributed by atoms with Gasteiger partial charge in [0, 0.05) is 25.2 Å². The van der Waals surface area contributed by atoms with Crippen LogP contribution in [0.15, 0.2) is 0 Å². The number of thiazole rings is 1. The molecule has 0 aliphatic carbocycles. The van der Waals surface area contributed by atoms with Crippen LogP contribution in [0.4, 0.5) is 5.13 Å². The number of aryl methyl sites for hydroxylation is 1. The van der Waals surface area contributed by atoms with E-state index in [4.69, 9.17) is 4.98 Å². The first-order valence-electron chi connectivity index (χ1n) is 7.68. The van der Waals surface area contributed by atoms with E-state index in [0.29, 0.717) is 12.1 Å². The van der Waals surface area contributed by atoms with Crippen LogP contribution in [0.2, 0.25) is 0 Å². The second kappa shape index (κ2) is 5.82. The highest BCUT2D eigenvalue weighted by Crippen LogP contribution is 2.32. The van der Waals surface area contributed by atoms with Crippen molar-refractivity contribution in [1.82, 2.24) is 9.88 Å². The topological polar surface area (TPSA) is 36.4 Å². The Morgan fingerprint density at radius 1 is 1.40 bits per heavy atom. The zero-order valence-electron chi connectivity index (χ0n) is 12.3. The quantitative estimate of drug-likeness (QED) is 0.803. The standard InChI is InChI=1S/C15H23N3OS/c1-3-13-14(10-19)20-15(16-13)18-9-12-6-4-5-7-17(12)8-11(18)2/h10-12H,3-9H2,1-2H3. The van der Waals surface area contributed by atoms with Crippen LogP contribution in [0.25, 0.3) is 0 Å². The molecule has 0 spiro atoms. The molecule has 0 radical (unpaired) electrons. The summed E-state index contributed by atoms with van der Waals surface area (Å²) >= 11 is 1.56. The molecule has 2 aliphatic rings. The summed E-state index contributed by atoms with van der Waals surface area (Å²) in [6.07, 6.45) is 5.79. The third-order valence-electron chi connectivity index (χ3n) is 4.59. The molecule has 2 fully saturated rings. The molecule has 1 aromatic rings. The number of nitrogens with zero attached hydrogens (tertiary/aromatic N) is 3. The van der Waals surface area contributed by atoms with Crippen LogP contribution < -0.4 is 4.90 Å². The van der Waals surface area contributed by atoms with Crippen LogP contribution in [-0.4, -0.2) is 47.9 Å². The van der Waals surface area contributed by atoms with Crippen LogP contribution in [0, 0.1) is 0 Å². The van der Waals surface area contributed by atoms with Crippen molar-refractivity contribution in [2.75, 3.05) is 24.5 Å². The highest BCUT2D eigenvalue weighted by atomic mass is 32.1. The summed E-state index contributed by atoms with van der Waals surface area (Å²) in [5.74, 6) is 0. The minimum absolute atomic E-state index is 0.486. The van der Waals surface area contributed by atoms with Gasteiger partial charge in [0.05, 0.1) is 10.6 Å². The molecule has 2 unspecified atom stereocenters. The smallest absolute Gasteiger partial charge is 0.186 e. The molecule has 0 aromatic carbocycles. The van der Waals surface area contributed by atoms with E-state index in [2.05, 4.69) is 23.6 Å². The van der Waals surface area contributed by atoms with Crippen LogP contribution in [-0.2, 0) is 6.42 Å². The molecule has 0 N–H and O–H groups in total. The number of piperazine rings is 1. The number of hydrogen-bond donors (Lipinski definition) is 0. The summed E-state index contributed by atoms with van der Waals surface area (Å²) in [5.41, 5.74) is 0.957. The van der Waals surface area contributed by atoms with E-state index in [1.807, 2.05) is 0 Å². The van der Waals surface area contributed by atoms with Crippen LogP contribution >= 0.6 is 11.3 Å². The average molecular weight is 293 g/mol. The molecule has 0 bridgehead atoms. The molecule has 5 heteroatoms. The number of fused-ring (bicyclic) bond motifs is 1. The van der Waals surface area contributed by atoms with Crippen molar-refractivity contribution in [3.8, 4) is 0 Å². The first kappa shape index (κ1) is 14.0. The maximum absolute atomic E-state index is 11.1. The number of rotatable bonds is 3. The molecule has 3 heterocycles. The molecule has 3 rings (SSSR count). The molecule has 2 atom stereocenters. The highest BCUT2D eigenvalue weighted by Gasteiger charge is 2.34. The van der Waals surface area contributed by atoms with Gasteiger partial charge in [-0.2, -0.15) is 0 Å². The minimum atomic E-state index is 0.486. The van der Waals surface area contributed by atoms with Crippen molar-refractivity contribution in [1.29, 1.82) is 0 Å². The summed E-state index contributed by atoms with van der Waals surface area (Å²) in [6, 6.07) is 1.16. The average Bonchev–Trinajstić information content (AvgIpc) is 2.89. The van der Waals surface area contributed by atoms with Gasteiger partial charge < -0.3 is 4.90 Å². The van der Waals surface area contributed by atoms with E-state index in [9.17, 15) is 4.79 Å². The Morgan fingerprint density at radius 2 is 2.25 bits per heavy atom. The number of aldehydes is 1. The third kappa shape index (κ3) is 2.49. The lowest BCUT2D eigenvalue weighted by Gasteiger charge is -2.47. The zero-order chi connectivity index (χ0) is 14.1. The highest BCUT2D eigenvalue weighted by molar-refractivity contribution is 7.17. The fourth-order valence-corrected chi connectivity index (χ4v) is 4.52. The van der Waals surface area contributed by atoms with E-state index in [1.165, 1.54) is 25.8 Å². The molecular formula is C15H23N3OS. The largest absolute Gasteiger partial charge is 0.343 e. The summed E-state index contributed by atoms with van der Waals surface area (Å²) in [6.45, 7) is 7.78. The molecular weight excluding hydrogens is 270 g/mol. The Kier molecular flexibility index (Phi) is 4.08. The first-order chi connectivity index (χ1) is 9.72. The Hall–Kier alpha value is -0.940. The van der Waals surface area contributed by atoms with Crippen molar-refractivity contribution in [2.45, 2.75) is 51.6 Å². The van der Waals surface area contributed by atoms with Crippen LogP contribution in [0.5, 0.6) is 0 Å². The number of aromatic nitrogens is 1. The Labute approximate surface area is 124 Å². The van der Waals surface area contributed by atoms with Gasteiger partial charge in [0.2, 0.25) is 0 Å². The number of hydrogen-bond acceptors (Lipinski definition) is 5. The van der Waals surface area contributed by atoms with Gasteiger partial charge in [-0.3, -0.25) is 9.69 Å². The van der Waals surface area contributed by atoms with Crippen molar-refractivity contribution in [3.05, 3.63) is 10.6 Å². The maximum Gasteiger partial charge on any atom is 0.186 e. The van der Waals surface area contributed by atoms with Crippen molar-refractivity contribution in [3.63, 3.8) is 0 Å². The lowest BCUT2D eigenvalue weighted by atomic mass is 9.97. The van der Waals surface area contributed by atoms with Gasteiger partial charge in [-0.25, -0.2) is 4.98 Å². The normalized spacial score (nSPS) is 27.4. The van der Waals surface area contributed by atoms with E-state index >= 15 is 0 Å². The first-order valence-corrected chi connectivity index (χ1v) is 8.50. The SMILES string of the molecule is CCc1nc(N2CC3CCCCN3CC2C)sc1C=O. The van der Waals surface area contributed by atoms with E-state index in [0.717, 1.165) is 41.5 Å². The Balaban J connectivity index is 1.82. The maximum atomic E-state index is 11.1. The fraction of sp³-hybridized carbons (Fsp3) is 0.733. The molecule has 110 valence electrons. The molecule has 20 heavy (non-hydrogen) atoms. The summed E-state index contributed by atoms with van der Waals surface area (Å²) in [5, 5.41) is 1.04. The molecule has 0 amide bonds. The number of anilines is 1. The van der Waals surface area contributed by atoms with Gasteiger partial charge in [0.1, 0.15) is 0 Å². The number of carbonyl (C=O) groups is 1. The number of piperidine rings is 1. The van der Waals surface area contributed by atoms with Crippen LogP contribution in [0.1, 0.15) is 48.5 Å². The van der Waals surface area contributed by atoms with E-state index in [1.54, 1.807) is 11.3 Å². The van der Waals surface area contributed by atoms with Gasteiger partial charge in [-0.1, -0.05) is 24.7 Å². The Morgan fingerprint density at radius 3 is 2.95 bits per heavy atom. The predicted molar refractivity (Wildman–Crippen MR) is 82.9 cm³/mol. The van der Waals surface area contributed by atoms with Gasteiger partial charge >= 0.3 is 0 Å². The van der Waals surface area contributed by atoms with E-state index in [-0.39, 0.29) is 0 Å². The summed E-state index contributed by atoms with van der Waals surface area (Å²) in [4.78, 5) is 21.7. The molecule has 2 aliphatic heterocycles. The second-order valence-corrected chi connectivity index (χ2v) is 6.93. The van der Waals surface area contributed by atoms with Gasteiger partial charge in [0.25, 0.3) is 0 Å². The minimum Gasteiger partial charge on any atom is -0.343 e. The summed E-state index contributed by atoms with van der Waals surface area (Å²) < 4.78 is 0. The third-order valence-corrected chi connectivity index (χ3v) is 5.65. The summed E-state index contributed by atoms with van der Waals surface area (Å²) in [7, 11) is 0. The predicted octanol–water partition coefficient (Wildman–Crippen LogP) is 2.58. The van der Waals surface area contributed by atoms with Crippen molar-refractivity contribution < 1.29 is 4.79 Å². The van der Waals surface area contributed by atoms with Crippen LogP contribution in [0.3, 0.4) is 0 Å². The van der Waals surface area contributed by atoms with Gasteiger partial charge in [-0.15, -0.1) is 0 Å².